The maximum atomic E-state index is 13.1. The number of anilines is 2. The first-order chi connectivity index (χ1) is 6.13. The van der Waals surface area contributed by atoms with E-state index in [0.717, 1.165) is 0 Å². The Balaban J connectivity index is 2.77. The van der Waals surface area contributed by atoms with Crippen LogP contribution in [0.2, 0.25) is 0 Å². The molecule has 0 amide bonds. The molecular weight excluding hydrogens is 181 g/mol. The first-order valence-corrected chi connectivity index (χ1v) is 3.81. The van der Waals surface area contributed by atoms with Gasteiger partial charge in [-0.15, -0.1) is 0 Å². The quantitative estimate of drug-likeness (QED) is 0.480. The lowest BCUT2D eigenvalue weighted by atomic mass is 10.1. The molecule has 70 valence electrons. The molecule has 0 spiro atoms. The second kappa shape index (κ2) is 2.55. The van der Waals surface area contributed by atoms with E-state index in [0.29, 0.717) is 6.54 Å². The molecule has 0 atom stereocenters. The van der Waals surface area contributed by atoms with Gasteiger partial charge in [0.05, 0.1) is 5.69 Å². The lowest BCUT2D eigenvalue weighted by Crippen LogP contribution is -2.03. The molecule has 1 aliphatic rings. The highest BCUT2D eigenvalue weighted by atomic mass is 19.2. The van der Waals surface area contributed by atoms with E-state index in [-0.39, 0.29) is 17.7 Å². The van der Waals surface area contributed by atoms with Crippen LogP contribution in [0.15, 0.2) is 0 Å². The van der Waals surface area contributed by atoms with Gasteiger partial charge >= 0.3 is 0 Å². The van der Waals surface area contributed by atoms with Crippen LogP contribution in [-0.2, 0) is 6.42 Å². The molecule has 3 N–H and O–H groups in total. The number of halogens is 3. The predicted octanol–water partition coefficient (Wildman–Crippen LogP) is 1.65. The van der Waals surface area contributed by atoms with Gasteiger partial charge in [-0.2, -0.15) is 0 Å². The van der Waals surface area contributed by atoms with Crippen molar-refractivity contribution in [3.63, 3.8) is 0 Å². The summed E-state index contributed by atoms with van der Waals surface area (Å²) in [4.78, 5) is 0. The van der Waals surface area contributed by atoms with Crippen LogP contribution in [0.25, 0.3) is 0 Å². The fourth-order valence-corrected chi connectivity index (χ4v) is 1.46. The van der Waals surface area contributed by atoms with Gasteiger partial charge in [-0.3, -0.25) is 0 Å². The second-order valence-electron chi connectivity index (χ2n) is 2.89. The molecular formula is C8H7F3N2. The molecule has 0 unspecified atom stereocenters. The zero-order valence-electron chi connectivity index (χ0n) is 6.63. The number of nitrogen functional groups attached to an aromatic ring is 1. The summed E-state index contributed by atoms with van der Waals surface area (Å²) in [5, 5.41) is 2.62. The minimum absolute atomic E-state index is 0.00333. The predicted molar refractivity (Wildman–Crippen MR) is 42.9 cm³/mol. The number of hydrogen-bond donors (Lipinski definition) is 2. The Morgan fingerprint density at radius 3 is 2.46 bits per heavy atom. The van der Waals surface area contributed by atoms with Crippen molar-refractivity contribution in [3.8, 4) is 0 Å². The van der Waals surface area contributed by atoms with Crippen LogP contribution in [-0.4, -0.2) is 6.54 Å². The van der Waals surface area contributed by atoms with Crippen molar-refractivity contribution in [1.82, 2.24) is 0 Å². The Morgan fingerprint density at radius 1 is 1.08 bits per heavy atom. The topological polar surface area (TPSA) is 38.0 Å². The van der Waals surface area contributed by atoms with E-state index < -0.39 is 23.1 Å². The average Bonchev–Trinajstić information content (AvgIpc) is 2.59. The van der Waals surface area contributed by atoms with Crippen molar-refractivity contribution >= 4 is 11.4 Å². The first-order valence-electron chi connectivity index (χ1n) is 3.81. The van der Waals surface area contributed by atoms with Crippen LogP contribution in [0.1, 0.15) is 5.56 Å². The zero-order chi connectivity index (χ0) is 9.59. The number of nitrogens with two attached hydrogens (primary N) is 1. The van der Waals surface area contributed by atoms with Gasteiger partial charge in [0.1, 0.15) is 5.69 Å². The average molecular weight is 188 g/mol. The summed E-state index contributed by atoms with van der Waals surface area (Å²) >= 11 is 0. The van der Waals surface area contributed by atoms with Gasteiger partial charge in [-0.1, -0.05) is 0 Å². The fraction of sp³-hybridized carbons (Fsp3) is 0.250. The van der Waals surface area contributed by atoms with Crippen LogP contribution < -0.4 is 11.1 Å². The maximum Gasteiger partial charge on any atom is 0.185 e. The Morgan fingerprint density at radius 2 is 1.77 bits per heavy atom. The van der Waals surface area contributed by atoms with E-state index in [1.807, 2.05) is 0 Å². The maximum absolute atomic E-state index is 13.1. The highest BCUT2D eigenvalue weighted by Gasteiger charge is 2.25. The summed E-state index contributed by atoms with van der Waals surface area (Å²) in [6, 6.07) is 0. The van der Waals surface area contributed by atoms with Crippen LogP contribution in [0.4, 0.5) is 24.5 Å². The van der Waals surface area contributed by atoms with E-state index in [9.17, 15) is 13.2 Å². The van der Waals surface area contributed by atoms with E-state index in [2.05, 4.69) is 5.32 Å². The molecule has 0 aliphatic carbocycles. The van der Waals surface area contributed by atoms with Gasteiger partial charge in [0.2, 0.25) is 0 Å². The van der Waals surface area contributed by atoms with Gasteiger partial charge in [0.15, 0.2) is 17.5 Å². The van der Waals surface area contributed by atoms with Crippen molar-refractivity contribution in [2.75, 3.05) is 17.6 Å². The molecule has 1 heterocycles. The third-order valence-corrected chi connectivity index (χ3v) is 2.13. The number of hydrogen-bond acceptors (Lipinski definition) is 2. The lowest BCUT2D eigenvalue weighted by molar-refractivity contribution is 0.495. The number of rotatable bonds is 0. The van der Waals surface area contributed by atoms with E-state index >= 15 is 0 Å². The van der Waals surface area contributed by atoms with Crippen LogP contribution in [0.5, 0.6) is 0 Å². The highest BCUT2D eigenvalue weighted by Crippen LogP contribution is 2.33. The summed E-state index contributed by atoms with van der Waals surface area (Å²) in [7, 11) is 0. The highest BCUT2D eigenvalue weighted by molar-refractivity contribution is 5.65. The normalized spacial score (nSPS) is 14.1. The molecule has 0 bridgehead atoms. The second-order valence-corrected chi connectivity index (χ2v) is 2.89. The molecule has 0 saturated carbocycles. The zero-order valence-corrected chi connectivity index (χ0v) is 6.63. The standard InChI is InChI=1S/C8H7F3N2/c9-4-3-1-2-13-8(3)6(11)7(12)5(4)10/h13H,1-2,12H2. The molecule has 0 aromatic heterocycles. The molecule has 1 aliphatic heterocycles. The number of nitrogens with one attached hydrogen (secondary N) is 1. The van der Waals surface area contributed by atoms with Crippen molar-refractivity contribution in [2.45, 2.75) is 6.42 Å². The largest absolute Gasteiger partial charge is 0.394 e. The van der Waals surface area contributed by atoms with Crippen LogP contribution in [0, 0.1) is 17.5 Å². The van der Waals surface area contributed by atoms with Crippen LogP contribution in [0.3, 0.4) is 0 Å². The van der Waals surface area contributed by atoms with Gasteiger partial charge in [0.25, 0.3) is 0 Å². The molecule has 0 saturated heterocycles. The Hall–Kier alpha value is -1.39. The molecule has 1 aromatic carbocycles. The van der Waals surface area contributed by atoms with Gasteiger partial charge in [-0.25, -0.2) is 13.2 Å². The van der Waals surface area contributed by atoms with Crippen molar-refractivity contribution in [3.05, 3.63) is 23.0 Å². The van der Waals surface area contributed by atoms with Gasteiger partial charge < -0.3 is 11.1 Å². The Labute approximate surface area is 72.5 Å². The molecule has 2 rings (SSSR count). The van der Waals surface area contributed by atoms with Crippen molar-refractivity contribution < 1.29 is 13.2 Å². The molecule has 1 aromatic rings. The summed E-state index contributed by atoms with van der Waals surface area (Å²) in [6.07, 6.45) is 0.287. The summed E-state index contributed by atoms with van der Waals surface area (Å²) in [5.74, 6) is -3.23. The van der Waals surface area contributed by atoms with E-state index in [4.69, 9.17) is 5.73 Å². The minimum atomic E-state index is -1.29. The lowest BCUT2D eigenvalue weighted by Gasteiger charge is -2.06. The third-order valence-electron chi connectivity index (χ3n) is 2.13. The number of fused-ring (bicyclic) bond motifs is 1. The first kappa shape index (κ1) is 8.22. The summed E-state index contributed by atoms with van der Waals surface area (Å²) < 4.78 is 39.1. The van der Waals surface area contributed by atoms with Gasteiger partial charge in [-0.05, 0) is 6.42 Å². The summed E-state index contributed by atoms with van der Waals surface area (Å²) in [6.45, 7) is 0.409. The fourth-order valence-electron chi connectivity index (χ4n) is 1.46. The SMILES string of the molecule is Nc1c(F)c(F)c2c(c1F)NCC2. The molecule has 0 radical (unpaired) electrons. The van der Waals surface area contributed by atoms with Crippen LogP contribution >= 0.6 is 0 Å². The van der Waals surface area contributed by atoms with Gasteiger partial charge in [0, 0.05) is 12.1 Å². The molecule has 5 heteroatoms. The minimum Gasteiger partial charge on any atom is -0.394 e. The number of benzene rings is 1. The van der Waals surface area contributed by atoms with E-state index in [1.165, 1.54) is 0 Å². The third kappa shape index (κ3) is 0.961. The van der Waals surface area contributed by atoms with E-state index in [1.54, 1.807) is 0 Å². The Bertz CT molecular complexity index is 341. The van der Waals surface area contributed by atoms with Crippen molar-refractivity contribution in [1.29, 1.82) is 0 Å². The monoisotopic (exact) mass is 188 g/mol. The molecule has 2 nitrogen and oxygen atoms in total. The smallest absolute Gasteiger partial charge is 0.185 e. The van der Waals surface area contributed by atoms with Crippen molar-refractivity contribution in [2.24, 2.45) is 0 Å². The summed E-state index contributed by atoms with van der Waals surface area (Å²) in [5.41, 5.74) is 4.31. The Kier molecular flexibility index (Phi) is 1.61. The molecule has 13 heavy (non-hydrogen) atoms. The molecule has 0 fully saturated rings.